The topological polar surface area (TPSA) is 111 Å². The number of ketones is 1. The second kappa shape index (κ2) is 11.5. The molecule has 0 unspecified atom stereocenters. The standard InChI is InChI=1S/C27H28N2O6S/c1-5-20-16-19(17-25(34-3)26(20)35-4)12-15-24(30)22-8-6-7-9-23(22)28-27(31)29-36(32,33)21-13-10-18(2)11-14-21/h6-17H,5H2,1-4H3,(H2,28,29,31)/b15-12+. The highest BCUT2D eigenvalue weighted by atomic mass is 32.2. The van der Waals surface area contributed by atoms with E-state index in [1.54, 1.807) is 56.7 Å². The molecule has 3 aromatic carbocycles. The Bertz CT molecular complexity index is 1370. The molecule has 0 heterocycles. The van der Waals surface area contributed by atoms with E-state index < -0.39 is 16.1 Å². The molecule has 0 saturated carbocycles. The van der Waals surface area contributed by atoms with Crippen LogP contribution < -0.4 is 19.5 Å². The monoisotopic (exact) mass is 508 g/mol. The molecule has 9 heteroatoms. The van der Waals surface area contributed by atoms with Gasteiger partial charge in [-0.25, -0.2) is 17.9 Å². The summed E-state index contributed by atoms with van der Waals surface area (Å²) in [5, 5.41) is 2.46. The molecule has 0 fully saturated rings. The van der Waals surface area contributed by atoms with E-state index in [9.17, 15) is 18.0 Å². The molecular formula is C27H28N2O6S. The normalized spacial score (nSPS) is 11.2. The molecule has 0 aliphatic rings. The van der Waals surface area contributed by atoms with E-state index in [4.69, 9.17) is 9.47 Å². The molecule has 2 amide bonds. The van der Waals surface area contributed by atoms with Crippen LogP contribution in [0.1, 0.15) is 34.0 Å². The van der Waals surface area contributed by atoms with Gasteiger partial charge in [-0.1, -0.05) is 42.8 Å². The second-order valence-corrected chi connectivity index (χ2v) is 9.57. The van der Waals surface area contributed by atoms with Gasteiger partial charge in [-0.15, -0.1) is 0 Å². The Kier molecular flexibility index (Phi) is 8.50. The van der Waals surface area contributed by atoms with Crippen LogP contribution >= 0.6 is 0 Å². The predicted octanol–water partition coefficient (Wildman–Crippen LogP) is 4.98. The highest BCUT2D eigenvalue weighted by molar-refractivity contribution is 7.90. The molecule has 0 atom stereocenters. The van der Waals surface area contributed by atoms with Gasteiger partial charge in [0.1, 0.15) is 0 Å². The van der Waals surface area contributed by atoms with E-state index >= 15 is 0 Å². The van der Waals surface area contributed by atoms with Crippen LogP contribution in [0, 0.1) is 6.92 Å². The number of aryl methyl sites for hydroxylation is 2. The van der Waals surface area contributed by atoms with E-state index in [-0.39, 0.29) is 21.9 Å². The van der Waals surface area contributed by atoms with Crippen LogP contribution in [-0.4, -0.2) is 34.5 Å². The Morgan fingerprint density at radius 1 is 0.972 bits per heavy atom. The van der Waals surface area contributed by atoms with Crippen molar-refractivity contribution < 1.29 is 27.5 Å². The molecule has 0 spiro atoms. The second-order valence-electron chi connectivity index (χ2n) is 7.88. The van der Waals surface area contributed by atoms with E-state index in [0.29, 0.717) is 17.9 Å². The third-order valence-corrected chi connectivity index (χ3v) is 6.73. The molecule has 0 aliphatic carbocycles. The van der Waals surface area contributed by atoms with Crippen LogP contribution in [0.2, 0.25) is 0 Å². The van der Waals surface area contributed by atoms with E-state index in [0.717, 1.165) is 16.7 Å². The molecule has 188 valence electrons. The molecule has 3 rings (SSSR count). The van der Waals surface area contributed by atoms with Crippen LogP contribution in [0.15, 0.2) is 71.6 Å². The lowest BCUT2D eigenvalue weighted by Crippen LogP contribution is -2.34. The van der Waals surface area contributed by atoms with Crippen molar-refractivity contribution in [3.63, 3.8) is 0 Å². The summed E-state index contributed by atoms with van der Waals surface area (Å²) in [5.74, 6) is 0.822. The van der Waals surface area contributed by atoms with Crippen molar-refractivity contribution in [3.8, 4) is 11.5 Å². The highest BCUT2D eigenvalue weighted by Gasteiger charge is 2.19. The molecule has 0 saturated heterocycles. The number of urea groups is 1. The van der Waals surface area contributed by atoms with Gasteiger partial charge in [-0.2, -0.15) is 0 Å². The Balaban J connectivity index is 1.79. The first kappa shape index (κ1) is 26.5. The number of amides is 2. The van der Waals surface area contributed by atoms with Crippen molar-refractivity contribution in [2.45, 2.75) is 25.2 Å². The zero-order chi connectivity index (χ0) is 26.3. The lowest BCUT2D eigenvalue weighted by atomic mass is 10.0. The van der Waals surface area contributed by atoms with Crippen molar-refractivity contribution in [3.05, 3.63) is 89.0 Å². The molecule has 8 nitrogen and oxygen atoms in total. The quantitative estimate of drug-likeness (QED) is 0.312. The van der Waals surface area contributed by atoms with E-state index in [1.807, 2.05) is 24.6 Å². The molecular weight excluding hydrogens is 480 g/mol. The number of allylic oxidation sites excluding steroid dienone is 1. The lowest BCUT2D eigenvalue weighted by Gasteiger charge is -2.13. The summed E-state index contributed by atoms with van der Waals surface area (Å²) in [7, 11) is -0.963. The number of hydrogen-bond donors (Lipinski definition) is 2. The number of ether oxygens (including phenoxy) is 2. The Hall–Kier alpha value is -4.11. The maximum atomic E-state index is 13.0. The first-order valence-electron chi connectivity index (χ1n) is 11.1. The summed E-state index contributed by atoms with van der Waals surface area (Å²) in [6.07, 6.45) is 3.73. The molecule has 3 aromatic rings. The fourth-order valence-corrected chi connectivity index (χ4v) is 4.45. The predicted molar refractivity (Wildman–Crippen MR) is 139 cm³/mol. The number of anilines is 1. The van der Waals surface area contributed by atoms with Crippen LogP contribution in [0.3, 0.4) is 0 Å². The summed E-state index contributed by atoms with van der Waals surface area (Å²) in [6.45, 7) is 3.81. The van der Waals surface area contributed by atoms with Crippen LogP contribution in [0.4, 0.5) is 10.5 Å². The zero-order valence-corrected chi connectivity index (χ0v) is 21.3. The van der Waals surface area contributed by atoms with Crippen molar-refractivity contribution in [2.24, 2.45) is 0 Å². The number of carbonyl (C=O) groups is 2. The number of nitrogens with one attached hydrogen (secondary N) is 2. The fourth-order valence-electron chi connectivity index (χ4n) is 3.54. The summed E-state index contributed by atoms with van der Waals surface area (Å²) in [6, 6.07) is 15.1. The number of methoxy groups -OCH3 is 2. The maximum absolute atomic E-state index is 13.0. The first-order valence-corrected chi connectivity index (χ1v) is 12.6. The van der Waals surface area contributed by atoms with Crippen molar-refractivity contribution in [2.75, 3.05) is 19.5 Å². The summed E-state index contributed by atoms with van der Waals surface area (Å²) in [5.41, 5.74) is 2.93. The van der Waals surface area contributed by atoms with Crippen LogP contribution in [0.25, 0.3) is 6.08 Å². The minimum absolute atomic E-state index is 0.0445. The van der Waals surface area contributed by atoms with Gasteiger partial charge in [0.2, 0.25) is 0 Å². The Morgan fingerprint density at radius 2 is 1.67 bits per heavy atom. The van der Waals surface area contributed by atoms with Gasteiger partial charge in [0.05, 0.1) is 24.8 Å². The highest BCUT2D eigenvalue weighted by Crippen LogP contribution is 2.33. The zero-order valence-electron chi connectivity index (χ0n) is 20.5. The largest absolute Gasteiger partial charge is 0.493 e. The Labute approximate surface area is 211 Å². The lowest BCUT2D eigenvalue weighted by molar-refractivity contribution is 0.104. The third-order valence-electron chi connectivity index (χ3n) is 5.39. The van der Waals surface area contributed by atoms with Crippen molar-refractivity contribution in [1.29, 1.82) is 0 Å². The summed E-state index contributed by atoms with van der Waals surface area (Å²) < 4.78 is 37.8. The number of para-hydroxylation sites is 1. The maximum Gasteiger partial charge on any atom is 0.333 e. The van der Waals surface area contributed by atoms with Gasteiger partial charge in [0.15, 0.2) is 17.3 Å². The smallest absolute Gasteiger partial charge is 0.333 e. The molecule has 0 aliphatic heterocycles. The van der Waals surface area contributed by atoms with Gasteiger partial charge in [0.25, 0.3) is 10.0 Å². The number of carbonyl (C=O) groups excluding carboxylic acids is 2. The fraction of sp³-hybridized carbons (Fsp3) is 0.185. The van der Waals surface area contributed by atoms with E-state index in [1.165, 1.54) is 24.3 Å². The van der Waals surface area contributed by atoms with Crippen molar-refractivity contribution in [1.82, 2.24) is 4.72 Å². The number of rotatable bonds is 9. The summed E-state index contributed by atoms with van der Waals surface area (Å²) >= 11 is 0. The SMILES string of the molecule is CCc1cc(/C=C/C(=O)c2ccccc2NC(=O)NS(=O)(=O)c2ccc(C)cc2)cc(OC)c1OC. The Morgan fingerprint density at radius 3 is 2.31 bits per heavy atom. The van der Waals surface area contributed by atoms with Gasteiger partial charge in [0, 0.05) is 5.56 Å². The van der Waals surface area contributed by atoms with Gasteiger partial charge < -0.3 is 14.8 Å². The molecule has 0 radical (unpaired) electrons. The van der Waals surface area contributed by atoms with Gasteiger partial charge in [-0.05, 0) is 66.9 Å². The molecule has 0 aromatic heterocycles. The number of hydrogen-bond acceptors (Lipinski definition) is 6. The van der Waals surface area contributed by atoms with Crippen LogP contribution in [0.5, 0.6) is 11.5 Å². The summed E-state index contributed by atoms with van der Waals surface area (Å²) in [4.78, 5) is 25.4. The number of benzene rings is 3. The minimum Gasteiger partial charge on any atom is -0.493 e. The average molecular weight is 509 g/mol. The molecule has 0 bridgehead atoms. The molecule has 2 N–H and O–H groups in total. The minimum atomic E-state index is -4.08. The molecule has 36 heavy (non-hydrogen) atoms. The first-order chi connectivity index (χ1) is 17.2. The number of sulfonamides is 1. The van der Waals surface area contributed by atoms with Gasteiger partial charge >= 0.3 is 6.03 Å². The third kappa shape index (κ3) is 6.31. The van der Waals surface area contributed by atoms with Gasteiger partial charge in [-0.3, -0.25) is 4.79 Å². The average Bonchev–Trinajstić information content (AvgIpc) is 2.86. The van der Waals surface area contributed by atoms with E-state index in [2.05, 4.69) is 5.32 Å². The van der Waals surface area contributed by atoms with Crippen molar-refractivity contribution >= 4 is 33.6 Å². The van der Waals surface area contributed by atoms with Crippen LogP contribution in [-0.2, 0) is 16.4 Å².